The number of hydrogen-bond donors (Lipinski definition) is 1. The zero-order valence-corrected chi connectivity index (χ0v) is 20.7. The van der Waals surface area contributed by atoms with E-state index >= 15 is 4.39 Å². The second-order valence-electron chi connectivity index (χ2n) is 9.37. The molecular weight excluding hydrogens is 477 g/mol. The van der Waals surface area contributed by atoms with Gasteiger partial charge in [0.05, 0.1) is 24.4 Å². The van der Waals surface area contributed by atoms with E-state index in [4.69, 9.17) is 4.74 Å². The largest absolute Gasteiger partial charge is 0.378 e. The lowest BCUT2D eigenvalue weighted by atomic mass is 9.77. The maximum absolute atomic E-state index is 15.3. The summed E-state index contributed by atoms with van der Waals surface area (Å²) in [5.41, 5.74) is 0.879. The molecule has 2 atom stereocenters. The first-order chi connectivity index (χ1) is 17.6. The van der Waals surface area contributed by atoms with E-state index in [1.807, 2.05) is 46.7 Å². The monoisotopic (exact) mass is 505 g/mol. The topological polar surface area (TPSA) is 74.6 Å². The van der Waals surface area contributed by atoms with Crippen LogP contribution in [0.3, 0.4) is 0 Å². The van der Waals surface area contributed by atoms with Crippen LogP contribution < -0.4 is 9.80 Å². The van der Waals surface area contributed by atoms with Gasteiger partial charge < -0.3 is 19.6 Å². The van der Waals surface area contributed by atoms with Crippen molar-refractivity contribution in [2.75, 3.05) is 49.2 Å². The van der Waals surface area contributed by atoms with E-state index in [-0.39, 0.29) is 11.7 Å². The second-order valence-corrected chi connectivity index (χ2v) is 10.3. The molecule has 9 heteroatoms. The average molecular weight is 506 g/mol. The lowest BCUT2D eigenvalue weighted by Gasteiger charge is -2.42. The fourth-order valence-corrected chi connectivity index (χ4v) is 6.34. The zero-order chi connectivity index (χ0) is 24.5. The summed E-state index contributed by atoms with van der Waals surface area (Å²) < 4.78 is 20.7. The van der Waals surface area contributed by atoms with Gasteiger partial charge >= 0.3 is 0 Å². The van der Waals surface area contributed by atoms with Gasteiger partial charge in [-0.2, -0.15) is 0 Å². The molecule has 2 fully saturated rings. The Labute approximate surface area is 213 Å². The zero-order valence-electron chi connectivity index (χ0n) is 19.9. The Hall–Kier alpha value is -3.14. The number of aliphatic hydroxyl groups is 1. The lowest BCUT2D eigenvalue weighted by molar-refractivity contribution is 0.00942. The number of rotatable bonds is 5. The van der Waals surface area contributed by atoms with Crippen molar-refractivity contribution in [2.24, 2.45) is 5.92 Å². The highest BCUT2D eigenvalue weighted by Gasteiger charge is 2.44. The lowest BCUT2D eigenvalue weighted by Crippen LogP contribution is -2.47. The van der Waals surface area contributed by atoms with Gasteiger partial charge in [0, 0.05) is 49.1 Å². The number of aromatic nitrogens is 3. The minimum Gasteiger partial charge on any atom is -0.378 e. The van der Waals surface area contributed by atoms with Crippen LogP contribution in [0.5, 0.6) is 0 Å². The number of piperidine rings is 1. The van der Waals surface area contributed by atoms with Crippen LogP contribution in [-0.2, 0) is 10.3 Å². The summed E-state index contributed by atoms with van der Waals surface area (Å²) in [7, 11) is 0. The highest BCUT2D eigenvalue weighted by Crippen LogP contribution is 2.43. The van der Waals surface area contributed by atoms with Crippen molar-refractivity contribution < 1.29 is 14.2 Å². The molecule has 0 aliphatic carbocycles. The third-order valence-corrected chi connectivity index (χ3v) is 8.22. The fraction of sp³-hybridized carbons (Fsp3) is 0.370. The van der Waals surface area contributed by atoms with Crippen molar-refractivity contribution >= 4 is 33.7 Å². The van der Waals surface area contributed by atoms with Gasteiger partial charge in [-0.05, 0) is 30.5 Å². The minimum absolute atomic E-state index is 0.109. The molecule has 0 saturated carbocycles. The van der Waals surface area contributed by atoms with Crippen LogP contribution in [0.25, 0.3) is 10.9 Å². The van der Waals surface area contributed by atoms with Crippen LogP contribution in [0.15, 0.2) is 60.4 Å². The minimum atomic E-state index is -1.22. The van der Waals surface area contributed by atoms with E-state index in [9.17, 15) is 5.11 Å². The first-order valence-corrected chi connectivity index (χ1v) is 13.2. The van der Waals surface area contributed by atoms with Gasteiger partial charge in [-0.1, -0.05) is 30.3 Å². The molecule has 7 nitrogen and oxygen atoms in total. The summed E-state index contributed by atoms with van der Waals surface area (Å²) in [5.74, 6) is 0.312. The SMILES string of the molecule is OC(c1ccccc1)(c1nccs1)C1CCCN(c2ncnc3cc(N4CCOCC4)c(F)cc23)C1. The smallest absolute Gasteiger partial charge is 0.147 e. The van der Waals surface area contributed by atoms with E-state index in [0.29, 0.717) is 60.3 Å². The quantitative estimate of drug-likeness (QED) is 0.435. The molecule has 6 rings (SSSR count). The van der Waals surface area contributed by atoms with Gasteiger partial charge in [0.15, 0.2) is 0 Å². The molecule has 2 aliphatic rings. The molecule has 0 bridgehead atoms. The second kappa shape index (κ2) is 9.72. The number of nitrogens with zero attached hydrogens (tertiary/aromatic N) is 5. The summed E-state index contributed by atoms with van der Waals surface area (Å²) >= 11 is 1.47. The summed E-state index contributed by atoms with van der Waals surface area (Å²) in [5, 5.41) is 15.5. The Morgan fingerprint density at radius 3 is 2.64 bits per heavy atom. The Kier molecular flexibility index (Phi) is 6.29. The van der Waals surface area contributed by atoms with E-state index in [0.717, 1.165) is 24.9 Å². The molecule has 36 heavy (non-hydrogen) atoms. The molecule has 4 aromatic rings. The normalized spacial score (nSPS) is 20.4. The Balaban J connectivity index is 1.36. The molecule has 0 spiro atoms. The Morgan fingerprint density at radius 2 is 1.86 bits per heavy atom. The van der Waals surface area contributed by atoms with Crippen molar-refractivity contribution in [3.8, 4) is 0 Å². The molecular formula is C27H28FN5O2S. The van der Waals surface area contributed by atoms with Crippen molar-refractivity contribution in [1.29, 1.82) is 0 Å². The predicted molar refractivity (Wildman–Crippen MR) is 139 cm³/mol. The van der Waals surface area contributed by atoms with Gasteiger partial charge in [-0.15, -0.1) is 11.3 Å². The standard InChI is InChI=1S/C27H28FN5O2S/c28-22-15-21-23(16-24(22)32-10-12-35-13-11-32)30-18-31-25(21)33-9-4-7-20(17-33)27(34,26-29-8-14-36-26)19-5-2-1-3-6-19/h1-3,5-6,8,14-16,18,20,34H,4,7,9-13,17H2. The van der Waals surface area contributed by atoms with Crippen molar-refractivity contribution in [2.45, 2.75) is 18.4 Å². The van der Waals surface area contributed by atoms with Crippen LogP contribution in [-0.4, -0.2) is 59.5 Å². The van der Waals surface area contributed by atoms with Gasteiger partial charge in [0.25, 0.3) is 0 Å². The van der Waals surface area contributed by atoms with Gasteiger partial charge in [-0.25, -0.2) is 19.3 Å². The van der Waals surface area contributed by atoms with Crippen LogP contribution in [0.2, 0.25) is 0 Å². The summed E-state index contributed by atoms with van der Waals surface area (Å²) in [6.07, 6.45) is 5.01. The van der Waals surface area contributed by atoms with E-state index in [2.05, 4.69) is 19.9 Å². The molecule has 0 amide bonds. The maximum Gasteiger partial charge on any atom is 0.147 e. The van der Waals surface area contributed by atoms with E-state index in [1.54, 1.807) is 18.6 Å². The predicted octanol–water partition coefficient (Wildman–Crippen LogP) is 4.21. The molecule has 2 aliphatic heterocycles. The molecule has 2 saturated heterocycles. The Morgan fingerprint density at radius 1 is 1.03 bits per heavy atom. The molecule has 4 heterocycles. The number of halogens is 1. The molecule has 2 aromatic heterocycles. The van der Waals surface area contributed by atoms with Crippen molar-refractivity contribution in [1.82, 2.24) is 15.0 Å². The summed E-state index contributed by atoms with van der Waals surface area (Å²) in [6.45, 7) is 3.84. The van der Waals surface area contributed by atoms with Crippen LogP contribution >= 0.6 is 11.3 Å². The molecule has 0 radical (unpaired) electrons. The van der Waals surface area contributed by atoms with Crippen LogP contribution in [0.1, 0.15) is 23.4 Å². The number of ether oxygens (including phenoxy) is 1. The van der Waals surface area contributed by atoms with Crippen LogP contribution in [0, 0.1) is 11.7 Å². The number of thiazole rings is 1. The summed E-state index contributed by atoms with van der Waals surface area (Å²) in [4.78, 5) is 17.7. The molecule has 1 N–H and O–H groups in total. The van der Waals surface area contributed by atoms with Crippen molar-refractivity contribution in [3.05, 3.63) is 76.8 Å². The third-order valence-electron chi connectivity index (χ3n) is 7.32. The average Bonchev–Trinajstić information content (AvgIpc) is 3.49. The number of anilines is 2. The van der Waals surface area contributed by atoms with Gasteiger partial charge in [0.2, 0.25) is 0 Å². The first-order valence-electron chi connectivity index (χ1n) is 12.3. The molecule has 186 valence electrons. The highest BCUT2D eigenvalue weighted by molar-refractivity contribution is 7.09. The first kappa shape index (κ1) is 23.3. The Bertz CT molecular complexity index is 1330. The van der Waals surface area contributed by atoms with Gasteiger partial charge in [0.1, 0.15) is 28.6 Å². The fourth-order valence-electron chi connectivity index (χ4n) is 5.50. The molecule has 2 unspecified atom stereocenters. The van der Waals surface area contributed by atoms with Gasteiger partial charge in [-0.3, -0.25) is 0 Å². The number of morpholine rings is 1. The highest BCUT2D eigenvalue weighted by atomic mass is 32.1. The van der Waals surface area contributed by atoms with E-state index < -0.39 is 5.60 Å². The van der Waals surface area contributed by atoms with Crippen LogP contribution in [0.4, 0.5) is 15.9 Å². The van der Waals surface area contributed by atoms with Crippen molar-refractivity contribution in [3.63, 3.8) is 0 Å². The number of benzene rings is 2. The molecule has 2 aromatic carbocycles. The third kappa shape index (κ3) is 4.11. The number of hydrogen-bond acceptors (Lipinski definition) is 8. The maximum atomic E-state index is 15.3. The summed E-state index contributed by atoms with van der Waals surface area (Å²) in [6, 6.07) is 13.1. The number of fused-ring (bicyclic) bond motifs is 1. The van der Waals surface area contributed by atoms with E-state index in [1.165, 1.54) is 11.3 Å².